The van der Waals surface area contributed by atoms with Crippen molar-refractivity contribution in [1.82, 2.24) is 25.0 Å². The van der Waals surface area contributed by atoms with Crippen LogP contribution < -0.4 is 5.32 Å². The summed E-state index contributed by atoms with van der Waals surface area (Å²) in [7, 11) is 1.86. The molecule has 9 nitrogen and oxygen atoms in total. The third-order valence-electron chi connectivity index (χ3n) is 7.88. The fourth-order valence-electron chi connectivity index (χ4n) is 5.59. The zero-order valence-electron chi connectivity index (χ0n) is 21.7. The first-order chi connectivity index (χ1) is 18.9. The number of rotatable bonds is 6. The molecule has 2 aromatic carbocycles. The second-order valence-electron chi connectivity index (χ2n) is 10.5. The number of aromatic nitrogens is 1. The predicted octanol–water partition coefficient (Wildman–Crippen LogP) is 2.47. The average Bonchev–Trinajstić information content (AvgIpc) is 3.25. The van der Waals surface area contributed by atoms with E-state index in [1.54, 1.807) is 17.2 Å². The number of likely N-dealkylation sites (N-methyl/N-ethyl adjacent to an activating group) is 1. The molecule has 0 aliphatic carbocycles. The van der Waals surface area contributed by atoms with Gasteiger partial charge in [-0.3, -0.25) is 34.4 Å². The van der Waals surface area contributed by atoms with Gasteiger partial charge in [-0.15, -0.1) is 0 Å². The predicted molar refractivity (Wildman–Crippen MR) is 143 cm³/mol. The number of fused-ring (bicyclic) bond motifs is 1. The van der Waals surface area contributed by atoms with E-state index in [2.05, 4.69) is 21.3 Å². The largest absolute Gasteiger partial charge is 0.336 e. The van der Waals surface area contributed by atoms with Crippen LogP contribution in [-0.4, -0.2) is 75.5 Å². The summed E-state index contributed by atoms with van der Waals surface area (Å²) in [5, 5.41) is 2.34. The Balaban J connectivity index is 1.10. The molecule has 2 fully saturated rings. The summed E-state index contributed by atoms with van der Waals surface area (Å²) in [5.74, 6) is -0.852. The van der Waals surface area contributed by atoms with E-state index in [4.69, 9.17) is 0 Å². The summed E-state index contributed by atoms with van der Waals surface area (Å²) in [4.78, 5) is 59.8. The standard InChI is InChI=1S/C30H29N5O4/c1-33(29(38)20-5-3-2-4-6-20)23-17-34(18-23)15-19-11-12-31-25(13-19)21-7-8-24-22(14-21)16-35(30(24)39)26-9-10-27(36)32-28(26)37/h2-8,11-14,23,26H,9-10,15-18H2,1H3,(H,32,36,37)/t26-/m0/s1. The van der Waals surface area contributed by atoms with Gasteiger partial charge in [0, 0.05) is 62.5 Å². The van der Waals surface area contributed by atoms with Gasteiger partial charge in [-0.25, -0.2) is 0 Å². The van der Waals surface area contributed by atoms with Crippen LogP contribution in [0.5, 0.6) is 0 Å². The van der Waals surface area contributed by atoms with Gasteiger partial charge in [0.25, 0.3) is 11.8 Å². The highest BCUT2D eigenvalue weighted by atomic mass is 16.2. The molecule has 0 radical (unpaired) electrons. The zero-order valence-corrected chi connectivity index (χ0v) is 21.7. The van der Waals surface area contributed by atoms with E-state index in [1.165, 1.54) is 0 Å². The van der Waals surface area contributed by atoms with E-state index in [0.717, 1.165) is 42.0 Å². The molecular formula is C30H29N5O4. The summed E-state index contributed by atoms with van der Waals surface area (Å²) < 4.78 is 0. The summed E-state index contributed by atoms with van der Waals surface area (Å²) >= 11 is 0. The van der Waals surface area contributed by atoms with E-state index in [9.17, 15) is 19.2 Å². The van der Waals surface area contributed by atoms with Crippen molar-refractivity contribution in [1.29, 1.82) is 0 Å². The normalized spacial score (nSPS) is 19.5. The van der Waals surface area contributed by atoms with Crippen LogP contribution >= 0.6 is 0 Å². The molecule has 0 spiro atoms. The van der Waals surface area contributed by atoms with Crippen molar-refractivity contribution >= 4 is 23.6 Å². The van der Waals surface area contributed by atoms with Gasteiger partial charge >= 0.3 is 0 Å². The molecule has 39 heavy (non-hydrogen) atoms. The van der Waals surface area contributed by atoms with Crippen LogP contribution in [-0.2, 0) is 22.7 Å². The Morgan fingerprint density at radius 1 is 1.05 bits per heavy atom. The van der Waals surface area contributed by atoms with Gasteiger partial charge in [0.1, 0.15) is 6.04 Å². The van der Waals surface area contributed by atoms with Gasteiger partial charge in [0.2, 0.25) is 11.8 Å². The molecule has 0 unspecified atom stereocenters. The van der Waals surface area contributed by atoms with Crippen LogP contribution in [0.1, 0.15) is 44.7 Å². The molecule has 0 saturated carbocycles. The lowest BCUT2D eigenvalue weighted by molar-refractivity contribution is -0.136. The molecule has 2 saturated heterocycles. The van der Waals surface area contributed by atoms with Gasteiger partial charge in [-0.1, -0.05) is 24.3 Å². The number of likely N-dealkylation sites (tertiary alicyclic amines) is 1. The van der Waals surface area contributed by atoms with Gasteiger partial charge in [-0.05, 0) is 53.9 Å². The minimum Gasteiger partial charge on any atom is -0.336 e. The average molecular weight is 524 g/mol. The van der Waals surface area contributed by atoms with Crippen LogP contribution in [0.4, 0.5) is 0 Å². The van der Waals surface area contributed by atoms with E-state index in [1.807, 2.05) is 60.5 Å². The van der Waals surface area contributed by atoms with Crippen molar-refractivity contribution in [2.75, 3.05) is 20.1 Å². The number of carbonyl (C=O) groups is 4. The maximum atomic E-state index is 13.0. The molecule has 1 aromatic heterocycles. The molecule has 3 aromatic rings. The highest BCUT2D eigenvalue weighted by molar-refractivity contribution is 6.05. The number of carbonyl (C=O) groups excluding carboxylic acids is 4. The molecule has 0 bridgehead atoms. The smallest absolute Gasteiger partial charge is 0.255 e. The monoisotopic (exact) mass is 523 g/mol. The molecule has 1 N–H and O–H groups in total. The molecular weight excluding hydrogens is 494 g/mol. The number of piperidine rings is 1. The zero-order chi connectivity index (χ0) is 27.1. The lowest BCUT2D eigenvalue weighted by Crippen LogP contribution is -2.59. The SMILES string of the molecule is CN(C(=O)c1ccccc1)C1CN(Cc2ccnc(-c3ccc4c(c3)CN([C@H]3CCC(=O)NC3=O)C4=O)c2)C1. The van der Waals surface area contributed by atoms with Crippen LogP contribution in [0.15, 0.2) is 66.9 Å². The second kappa shape index (κ2) is 10.1. The Bertz CT molecular complexity index is 1470. The number of benzene rings is 2. The van der Waals surface area contributed by atoms with Crippen molar-refractivity contribution in [2.24, 2.45) is 0 Å². The third kappa shape index (κ3) is 4.81. The molecule has 3 aliphatic rings. The van der Waals surface area contributed by atoms with E-state index in [-0.39, 0.29) is 30.2 Å². The lowest BCUT2D eigenvalue weighted by Gasteiger charge is -2.44. The number of nitrogens with zero attached hydrogens (tertiary/aromatic N) is 4. The number of amides is 4. The van der Waals surface area contributed by atoms with Gasteiger partial charge in [0.05, 0.1) is 11.7 Å². The first kappa shape index (κ1) is 24.9. The molecule has 1 atom stereocenters. The summed E-state index contributed by atoms with van der Waals surface area (Å²) in [5.41, 5.74) is 4.98. The van der Waals surface area contributed by atoms with Crippen LogP contribution in [0, 0.1) is 0 Å². The Morgan fingerprint density at radius 2 is 1.85 bits per heavy atom. The van der Waals surface area contributed by atoms with Crippen LogP contribution in [0.2, 0.25) is 0 Å². The van der Waals surface area contributed by atoms with Gasteiger partial charge < -0.3 is 9.80 Å². The summed E-state index contributed by atoms with van der Waals surface area (Å²) in [6.07, 6.45) is 2.37. The highest BCUT2D eigenvalue weighted by Gasteiger charge is 2.39. The number of hydrogen-bond acceptors (Lipinski definition) is 6. The Hall–Kier alpha value is -4.37. The summed E-state index contributed by atoms with van der Waals surface area (Å²) in [6, 6.07) is 18.6. The van der Waals surface area contributed by atoms with Gasteiger partial charge in [-0.2, -0.15) is 0 Å². The van der Waals surface area contributed by atoms with Crippen molar-refractivity contribution < 1.29 is 19.2 Å². The van der Waals surface area contributed by atoms with E-state index >= 15 is 0 Å². The Kier molecular flexibility index (Phi) is 6.44. The highest BCUT2D eigenvalue weighted by Crippen LogP contribution is 2.31. The molecule has 9 heteroatoms. The molecule has 4 heterocycles. The quantitative estimate of drug-likeness (QED) is 0.498. The number of nitrogens with one attached hydrogen (secondary N) is 1. The van der Waals surface area contributed by atoms with Crippen molar-refractivity contribution in [2.45, 2.75) is 38.0 Å². The number of hydrogen-bond donors (Lipinski definition) is 1. The molecule has 3 aliphatic heterocycles. The first-order valence-corrected chi connectivity index (χ1v) is 13.1. The Morgan fingerprint density at radius 3 is 2.62 bits per heavy atom. The van der Waals surface area contributed by atoms with Crippen LogP contribution in [0.25, 0.3) is 11.3 Å². The minimum absolute atomic E-state index is 0.0395. The lowest BCUT2D eigenvalue weighted by atomic mass is 10.0. The van der Waals surface area contributed by atoms with E-state index in [0.29, 0.717) is 24.1 Å². The fraction of sp³-hybridized carbons (Fsp3) is 0.300. The van der Waals surface area contributed by atoms with Crippen LogP contribution in [0.3, 0.4) is 0 Å². The topological polar surface area (TPSA) is 103 Å². The second-order valence-corrected chi connectivity index (χ2v) is 10.5. The first-order valence-electron chi connectivity index (χ1n) is 13.1. The maximum Gasteiger partial charge on any atom is 0.255 e. The number of imide groups is 1. The third-order valence-corrected chi connectivity index (χ3v) is 7.88. The Labute approximate surface area is 226 Å². The molecule has 6 rings (SSSR count). The van der Waals surface area contributed by atoms with Crippen molar-refractivity contribution in [3.05, 3.63) is 89.1 Å². The van der Waals surface area contributed by atoms with E-state index < -0.39 is 11.9 Å². The maximum absolute atomic E-state index is 13.0. The van der Waals surface area contributed by atoms with Crippen molar-refractivity contribution in [3.63, 3.8) is 0 Å². The molecule has 198 valence electrons. The fourth-order valence-corrected chi connectivity index (χ4v) is 5.59. The summed E-state index contributed by atoms with van der Waals surface area (Å²) in [6.45, 7) is 2.71. The van der Waals surface area contributed by atoms with Gasteiger partial charge in [0.15, 0.2) is 0 Å². The number of pyridine rings is 1. The molecule has 4 amide bonds. The minimum atomic E-state index is -0.630. The van der Waals surface area contributed by atoms with Crippen molar-refractivity contribution in [3.8, 4) is 11.3 Å².